The third-order valence-corrected chi connectivity index (χ3v) is 5.18. The molecule has 1 N–H and O–H groups in total. The molecule has 0 bridgehead atoms. The lowest BCUT2D eigenvalue weighted by atomic mass is 10.1. The zero-order chi connectivity index (χ0) is 16.7. The minimum absolute atomic E-state index is 0.0248. The minimum Gasteiger partial charge on any atom is -0.382 e. The molecular weight excluding hydrogens is 377 g/mol. The van der Waals surface area contributed by atoms with E-state index in [2.05, 4.69) is 21.0 Å². The second kappa shape index (κ2) is 6.07. The Balaban J connectivity index is 2.61. The van der Waals surface area contributed by atoms with Crippen LogP contribution in [0, 0.1) is 12.7 Å². The molecule has 0 aliphatic rings. The number of aryl methyl sites for hydroxylation is 1. The lowest BCUT2D eigenvalue weighted by molar-refractivity contribution is 0.207. The van der Waals surface area contributed by atoms with Gasteiger partial charge in [-0.3, -0.25) is 0 Å². The van der Waals surface area contributed by atoms with Crippen molar-refractivity contribution in [1.29, 1.82) is 0 Å². The molecule has 0 fully saturated rings. The summed E-state index contributed by atoms with van der Waals surface area (Å²) in [5.41, 5.74) is 0.336. The Hall–Kier alpha value is -1.29. The van der Waals surface area contributed by atoms with E-state index in [1.807, 2.05) is 0 Å². The minimum atomic E-state index is -3.92. The summed E-state index contributed by atoms with van der Waals surface area (Å²) >= 11 is 3.20. The molecule has 0 aliphatic heterocycles. The van der Waals surface area contributed by atoms with E-state index in [1.54, 1.807) is 6.92 Å². The lowest BCUT2D eigenvalue weighted by Crippen LogP contribution is -2.31. The van der Waals surface area contributed by atoms with Crippen molar-refractivity contribution in [2.24, 2.45) is 0 Å². The molecule has 120 valence electrons. The zero-order valence-corrected chi connectivity index (χ0v) is 14.6. The number of nitrogens with zero attached hydrogens (tertiary/aromatic N) is 3. The van der Waals surface area contributed by atoms with Crippen molar-refractivity contribution in [3.63, 3.8) is 0 Å². The van der Waals surface area contributed by atoms with Crippen LogP contribution < -0.4 is 0 Å². The molecule has 6 nitrogen and oxygen atoms in total. The van der Waals surface area contributed by atoms with E-state index in [9.17, 15) is 17.9 Å². The largest absolute Gasteiger partial charge is 0.382 e. The topological polar surface area (TPSA) is 75.4 Å². The Morgan fingerprint density at radius 1 is 1.36 bits per heavy atom. The van der Waals surface area contributed by atoms with E-state index in [1.165, 1.54) is 38.4 Å². The van der Waals surface area contributed by atoms with E-state index in [4.69, 9.17) is 0 Å². The first-order valence-electron chi connectivity index (χ1n) is 6.27. The summed E-state index contributed by atoms with van der Waals surface area (Å²) in [6.45, 7) is 1.59. The molecule has 0 amide bonds. The molecule has 2 aromatic rings. The van der Waals surface area contributed by atoms with Gasteiger partial charge >= 0.3 is 10.2 Å². The van der Waals surface area contributed by atoms with Crippen LogP contribution in [0.15, 0.2) is 28.7 Å². The van der Waals surface area contributed by atoms with Crippen molar-refractivity contribution in [1.82, 2.24) is 13.5 Å². The fraction of sp³-hybridized carbons (Fsp3) is 0.308. The molecule has 22 heavy (non-hydrogen) atoms. The molecule has 0 radical (unpaired) electrons. The number of aliphatic hydroxyl groups excluding tert-OH is 1. The molecule has 0 saturated carbocycles. The highest BCUT2D eigenvalue weighted by Gasteiger charge is 2.27. The first-order valence-corrected chi connectivity index (χ1v) is 8.46. The van der Waals surface area contributed by atoms with Gasteiger partial charge in [0.15, 0.2) is 0 Å². The summed E-state index contributed by atoms with van der Waals surface area (Å²) in [7, 11) is -1.22. The second-order valence-corrected chi connectivity index (χ2v) is 7.80. The van der Waals surface area contributed by atoms with Crippen LogP contribution in [0.5, 0.6) is 0 Å². The number of halogens is 2. The van der Waals surface area contributed by atoms with Crippen molar-refractivity contribution >= 4 is 26.1 Å². The predicted molar refractivity (Wildman–Crippen MR) is 83.1 cm³/mol. The Bertz CT molecular complexity index is 805. The number of aromatic nitrogens is 2. The Labute approximate surface area is 136 Å². The fourth-order valence-electron chi connectivity index (χ4n) is 1.91. The highest BCUT2D eigenvalue weighted by Crippen LogP contribution is 2.28. The SMILES string of the molecule is Cc1cc(C(O)c2cc(Br)ccc2F)n(S(=O)(=O)N(C)C)n1. The number of rotatable bonds is 4. The smallest absolute Gasteiger partial charge is 0.322 e. The third-order valence-electron chi connectivity index (χ3n) is 3.04. The Kier molecular flexibility index (Phi) is 4.71. The van der Waals surface area contributed by atoms with E-state index >= 15 is 0 Å². The molecule has 1 atom stereocenters. The van der Waals surface area contributed by atoms with Crippen LogP contribution in [0.4, 0.5) is 4.39 Å². The van der Waals surface area contributed by atoms with E-state index < -0.39 is 22.1 Å². The van der Waals surface area contributed by atoms with Gasteiger partial charge in [0, 0.05) is 24.1 Å². The molecule has 1 aromatic carbocycles. The van der Waals surface area contributed by atoms with E-state index in [0.717, 1.165) is 4.31 Å². The molecule has 1 aromatic heterocycles. The van der Waals surface area contributed by atoms with Crippen molar-refractivity contribution in [3.05, 3.63) is 51.5 Å². The summed E-state index contributed by atoms with van der Waals surface area (Å²) in [5.74, 6) is -0.636. The van der Waals surface area contributed by atoms with Crippen LogP contribution in [0.25, 0.3) is 0 Å². The van der Waals surface area contributed by atoms with Gasteiger partial charge in [-0.1, -0.05) is 15.9 Å². The molecule has 1 heterocycles. The Morgan fingerprint density at radius 3 is 2.59 bits per heavy atom. The van der Waals surface area contributed by atoms with Crippen LogP contribution in [-0.4, -0.2) is 41.1 Å². The summed E-state index contributed by atoms with van der Waals surface area (Å²) in [5, 5.41) is 14.3. The maximum absolute atomic E-state index is 13.9. The second-order valence-electron chi connectivity index (χ2n) is 4.91. The van der Waals surface area contributed by atoms with Gasteiger partial charge in [-0.25, -0.2) is 4.39 Å². The van der Waals surface area contributed by atoms with Crippen molar-refractivity contribution < 1.29 is 17.9 Å². The van der Waals surface area contributed by atoms with Gasteiger partial charge in [0.25, 0.3) is 0 Å². The maximum atomic E-state index is 13.9. The van der Waals surface area contributed by atoms with Crippen LogP contribution >= 0.6 is 15.9 Å². The molecule has 0 saturated heterocycles. The third kappa shape index (κ3) is 3.07. The summed E-state index contributed by atoms with van der Waals surface area (Å²) in [6.07, 6.45) is -1.46. The van der Waals surface area contributed by atoms with Crippen LogP contribution in [0.2, 0.25) is 0 Å². The van der Waals surface area contributed by atoms with Crippen LogP contribution in [-0.2, 0) is 10.2 Å². The summed E-state index contributed by atoms with van der Waals surface area (Å²) in [6, 6.07) is 5.49. The summed E-state index contributed by atoms with van der Waals surface area (Å²) < 4.78 is 40.7. The van der Waals surface area contributed by atoms with Gasteiger partial charge in [-0.15, -0.1) is 4.09 Å². The molecule has 0 aliphatic carbocycles. The molecule has 2 rings (SSSR count). The van der Waals surface area contributed by atoms with Crippen molar-refractivity contribution in [2.45, 2.75) is 13.0 Å². The number of benzene rings is 1. The first kappa shape index (κ1) is 17.1. The zero-order valence-electron chi connectivity index (χ0n) is 12.2. The standard InChI is InChI=1S/C13H15BrFN3O3S/c1-8-6-12(18(16-8)22(20,21)17(2)3)13(19)10-7-9(14)4-5-11(10)15/h4-7,13,19H,1-3H3. The normalized spacial score (nSPS) is 13.6. The average molecular weight is 392 g/mol. The van der Waals surface area contributed by atoms with Crippen LogP contribution in [0.3, 0.4) is 0 Å². The first-order chi connectivity index (χ1) is 10.1. The van der Waals surface area contributed by atoms with Gasteiger partial charge in [0.1, 0.15) is 11.9 Å². The predicted octanol–water partition coefficient (Wildman–Crippen LogP) is 1.83. The fourth-order valence-corrected chi connectivity index (χ4v) is 3.24. The number of hydrogen-bond donors (Lipinski definition) is 1. The highest BCUT2D eigenvalue weighted by atomic mass is 79.9. The quantitative estimate of drug-likeness (QED) is 0.862. The van der Waals surface area contributed by atoms with E-state index in [-0.39, 0.29) is 11.3 Å². The van der Waals surface area contributed by atoms with Crippen molar-refractivity contribution in [3.8, 4) is 0 Å². The number of hydrogen-bond acceptors (Lipinski definition) is 4. The van der Waals surface area contributed by atoms with Gasteiger partial charge in [-0.2, -0.15) is 17.8 Å². The summed E-state index contributed by atoms with van der Waals surface area (Å²) in [4.78, 5) is 0. The molecule has 9 heteroatoms. The van der Waals surface area contributed by atoms with Crippen molar-refractivity contribution in [2.75, 3.05) is 14.1 Å². The molecular formula is C13H15BrFN3O3S. The number of aliphatic hydroxyl groups is 1. The lowest BCUT2D eigenvalue weighted by Gasteiger charge is -2.17. The van der Waals surface area contributed by atoms with Gasteiger partial charge in [-0.05, 0) is 31.2 Å². The highest BCUT2D eigenvalue weighted by molar-refractivity contribution is 9.10. The van der Waals surface area contributed by atoms with Gasteiger partial charge in [0.2, 0.25) is 0 Å². The van der Waals surface area contributed by atoms with E-state index in [0.29, 0.717) is 14.3 Å². The Morgan fingerprint density at radius 2 is 2.00 bits per heavy atom. The van der Waals surface area contributed by atoms with Gasteiger partial charge in [0.05, 0.1) is 11.4 Å². The monoisotopic (exact) mass is 391 g/mol. The van der Waals surface area contributed by atoms with Crippen LogP contribution in [0.1, 0.15) is 23.1 Å². The molecule has 1 unspecified atom stereocenters. The molecule has 0 spiro atoms. The van der Waals surface area contributed by atoms with Gasteiger partial charge < -0.3 is 5.11 Å². The average Bonchev–Trinajstić information content (AvgIpc) is 2.83. The maximum Gasteiger partial charge on any atom is 0.322 e.